The smallest absolute Gasteiger partial charge is 0.250 e. The molecule has 0 fully saturated rings. The Kier molecular flexibility index (Phi) is 6.94. The number of anilines is 6. The van der Waals surface area contributed by atoms with Gasteiger partial charge in [-0.05, 0) is 123 Å². The van der Waals surface area contributed by atoms with E-state index in [0.717, 1.165) is 22.9 Å². The average Bonchev–Trinajstić information content (AvgIpc) is 3.16. The molecule has 0 amide bonds. The largest absolute Gasteiger partial charge is 0.306 e. The van der Waals surface area contributed by atoms with Crippen LogP contribution in [0.1, 0.15) is 44.6 Å². The van der Waals surface area contributed by atoms with Crippen LogP contribution in [0.3, 0.4) is 0 Å². The van der Waals surface area contributed by atoms with Gasteiger partial charge >= 0.3 is 0 Å². The first kappa shape index (κ1) is 33.2. The maximum Gasteiger partial charge on any atom is 0.250 e. The third-order valence-corrected chi connectivity index (χ3v) is 12.8. The van der Waals surface area contributed by atoms with Gasteiger partial charge < -0.3 is 4.90 Å². The van der Waals surface area contributed by atoms with Crippen molar-refractivity contribution in [3.63, 3.8) is 0 Å². The van der Waals surface area contributed by atoms with E-state index in [0.29, 0.717) is 0 Å². The van der Waals surface area contributed by atoms with Gasteiger partial charge in [0.15, 0.2) is 0 Å². The Bertz CT molecular complexity index is 2800. The molecular formula is C50H42B2N4. The van der Waals surface area contributed by atoms with E-state index in [4.69, 9.17) is 9.97 Å². The minimum atomic E-state index is -0.0124. The molecule has 3 aliphatic rings. The minimum absolute atomic E-state index is 0.00530. The van der Waals surface area contributed by atoms with Gasteiger partial charge in [-0.25, -0.2) is 4.98 Å². The van der Waals surface area contributed by atoms with E-state index < -0.39 is 0 Å². The summed E-state index contributed by atoms with van der Waals surface area (Å²) in [5, 5.41) is 5.02. The van der Waals surface area contributed by atoms with Crippen molar-refractivity contribution in [1.29, 1.82) is 0 Å². The molecule has 6 heteroatoms. The van der Waals surface area contributed by atoms with Crippen molar-refractivity contribution < 1.29 is 0 Å². The van der Waals surface area contributed by atoms with E-state index in [-0.39, 0.29) is 13.4 Å². The number of rotatable bonds is 2. The van der Waals surface area contributed by atoms with Gasteiger partial charge in [-0.2, -0.15) is 0 Å². The first-order chi connectivity index (χ1) is 27.1. The van der Waals surface area contributed by atoms with E-state index >= 15 is 0 Å². The van der Waals surface area contributed by atoms with E-state index in [1.54, 1.807) is 0 Å². The Balaban J connectivity index is 1.35. The van der Waals surface area contributed by atoms with Crippen LogP contribution in [-0.2, 0) is 0 Å². The van der Waals surface area contributed by atoms with Gasteiger partial charge in [-0.1, -0.05) is 123 Å². The number of aryl methyl sites for hydroxylation is 8. The fourth-order valence-electron chi connectivity index (χ4n) is 11.0. The number of hydrogen-bond acceptors (Lipinski definition) is 4. The summed E-state index contributed by atoms with van der Waals surface area (Å²) in [5.41, 5.74) is 23.9. The van der Waals surface area contributed by atoms with Crippen LogP contribution in [-0.4, -0.2) is 23.4 Å². The molecule has 0 saturated carbocycles. The number of hydrogen-bond donors (Lipinski definition) is 0. The van der Waals surface area contributed by atoms with Crippen molar-refractivity contribution in [2.75, 3.05) is 9.80 Å². The predicted molar refractivity (Wildman–Crippen MR) is 240 cm³/mol. The van der Waals surface area contributed by atoms with E-state index in [1.165, 1.54) is 110 Å². The molecule has 0 aliphatic carbocycles. The first-order valence-electron chi connectivity index (χ1n) is 19.9. The Labute approximate surface area is 330 Å². The molecular weight excluding hydrogens is 678 g/mol. The number of fused-ring (bicyclic) bond motifs is 10. The van der Waals surface area contributed by atoms with Crippen molar-refractivity contribution in [3.8, 4) is 0 Å². The van der Waals surface area contributed by atoms with Crippen LogP contribution in [0.25, 0.3) is 21.5 Å². The third kappa shape index (κ3) is 4.44. The second-order valence-corrected chi connectivity index (χ2v) is 16.7. The van der Waals surface area contributed by atoms with Gasteiger partial charge in [0.05, 0.1) is 34.6 Å². The second-order valence-electron chi connectivity index (χ2n) is 16.7. The van der Waals surface area contributed by atoms with E-state index in [2.05, 4.69) is 175 Å². The quantitative estimate of drug-likeness (QED) is 0.169. The Morgan fingerprint density at radius 3 is 1.50 bits per heavy atom. The molecule has 0 spiro atoms. The third-order valence-electron chi connectivity index (χ3n) is 12.8. The van der Waals surface area contributed by atoms with Crippen molar-refractivity contribution in [2.24, 2.45) is 0 Å². The lowest BCUT2D eigenvalue weighted by Gasteiger charge is -2.49. The Morgan fingerprint density at radius 1 is 0.429 bits per heavy atom. The summed E-state index contributed by atoms with van der Waals surface area (Å²) in [6, 6.07) is 37.1. The molecule has 6 aromatic carbocycles. The molecule has 4 nitrogen and oxygen atoms in total. The maximum atomic E-state index is 5.42. The monoisotopic (exact) mass is 720 g/mol. The van der Waals surface area contributed by atoms with E-state index in [9.17, 15) is 0 Å². The molecule has 5 heterocycles. The summed E-state index contributed by atoms with van der Waals surface area (Å²) < 4.78 is 0. The summed E-state index contributed by atoms with van der Waals surface area (Å²) >= 11 is 0. The highest BCUT2D eigenvalue weighted by molar-refractivity contribution is 7.01. The van der Waals surface area contributed by atoms with Crippen molar-refractivity contribution in [1.82, 2.24) is 9.97 Å². The number of pyridine rings is 2. The van der Waals surface area contributed by atoms with Gasteiger partial charge in [0.25, 0.3) is 0 Å². The van der Waals surface area contributed by atoms with Crippen LogP contribution >= 0.6 is 0 Å². The molecule has 3 aliphatic heterocycles. The molecule has 11 rings (SSSR count). The van der Waals surface area contributed by atoms with Crippen LogP contribution in [0, 0.1) is 55.4 Å². The SMILES string of the molecule is Cc1cc(C)c(B2c3cc(C)ncc3N3c4cc5ccccc5c5c4N(c4cc6ccccc6c2c43)c2ncc(C)cc2B5c2c(C)cc(C)cc2C)c(C)c1. The van der Waals surface area contributed by atoms with Crippen molar-refractivity contribution in [3.05, 3.63) is 154 Å². The minimum Gasteiger partial charge on any atom is -0.306 e. The van der Waals surface area contributed by atoms with Gasteiger partial charge in [0.1, 0.15) is 5.82 Å². The molecule has 268 valence electrons. The molecule has 56 heavy (non-hydrogen) atoms. The summed E-state index contributed by atoms with van der Waals surface area (Å²) in [6.07, 6.45) is 4.19. The zero-order chi connectivity index (χ0) is 38.3. The Hall–Kier alpha value is -6.13. The fraction of sp³-hybridized carbons (Fsp3) is 0.160. The molecule has 0 bridgehead atoms. The highest BCUT2D eigenvalue weighted by atomic mass is 15.3. The maximum absolute atomic E-state index is 5.42. The van der Waals surface area contributed by atoms with Crippen molar-refractivity contribution in [2.45, 2.75) is 55.4 Å². The molecule has 0 N–H and O–H groups in total. The summed E-state index contributed by atoms with van der Waals surface area (Å²) in [6.45, 7) is 17.9. The van der Waals surface area contributed by atoms with Crippen LogP contribution in [0.15, 0.2) is 109 Å². The van der Waals surface area contributed by atoms with Crippen LogP contribution in [0.2, 0.25) is 0 Å². The number of benzene rings is 6. The molecule has 0 unspecified atom stereocenters. The normalized spacial score (nSPS) is 13.6. The molecule has 2 aromatic heterocycles. The number of nitrogens with zero attached hydrogens (tertiary/aromatic N) is 4. The molecule has 0 atom stereocenters. The zero-order valence-corrected chi connectivity index (χ0v) is 33.3. The van der Waals surface area contributed by atoms with Crippen LogP contribution < -0.4 is 42.6 Å². The highest BCUT2D eigenvalue weighted by Crippen LogP contribution is 2.56. The van der Waals surface area contributed by atoms with Gasteiger partial charge in [-0.15, -0.1) is 0 Å². The van der Waals surface area contributed by atoms with E-state index in [1.807, 2.05) is 0 Å². The predicted octanol–water partition coefficient (Wildman–Crippen LogP) is 8.16. The lowest BCUT2D eigenvalue weighted by atomic mass is 9.32. The zero-order valence-electron chi connectivity index (χ0n) is 33.3. The lowest BCUT2D eigenvalue weighted by Crippen LogP contribution is -2.62. The summed E-state index contributed by atoms with van der Waals surface area (Å²) in [4.78, 5) is 15.6. The average molecular weight is 721 g/mol. The molecule has 0 saturated heterocycles. The van der Waals surface area contributed by atoms with Gasteiger partial charge in [-0.3, -0.25) is 9.88 Å². The summed E-state index contributed by atoms with van der Waals surface area (Å²) in [5.74, 6) is 1.01. The Morgan fingerprint density at radius 2 is 0.929 bits per heavy atom. The van der Waals surface area contributed by atoms with Crippen LogP contribution in [0.4, 0.5) is 34.3 Å². The summed E-state index contributed by atoms with van der Waals surface area (Å²) in [7, 11) is 0. The van der Waals surface area contributed by atoms with Gasteiger partial charge in [0.2, 0.25) is 13.4 Å². The van der Waals surface area contributed by atoms with Crippen molar-refractivity contribution >= 4 is 102 Å². The molecule has 0 radical (unpaired) electrons. The topological polar surface area (TPSA) is 32.3 Å². The lowest BCUT2D eigenvalue weighted by molar-refractivity contribution is 1.12. The first-order valence-corrected chi connectivity index (χ1v) is 19.9. The van der Waals surface area contributed by atoms with Gasteiger partial charge in [0, 0.05) is 11.9 Å². The van der Waals surface area contributed by atoms with Crippen LogP contribution in [0.5, 0.6) is 0 Å². The second kappa shape index (κ2) is 11.7. The standard InChI is InChI=1S/C50H42B2N4/c1-27-17-30(4)44(31(5)18-27)51-39-22-34(8)53-26-43(39)55-41-23-35-13-9-12-16-38(35)47-49(41)56(42-24-36-14-10-11-15-37(36)46(51)48(42)55)50-40(21-29(3)25-54-50)52(47)45-32(6)19-28(2)20-33(45)7/h9-26H,1-8H3. The fourth-order valence-corrected chi connectivity index (χ4v) is 11.0. The number of aromatic nitrogens is 2. The molecule has 8 aromatic rings. The highest BCUT2D eigenvalue weighted by Gasteiger charge is 2.49.